The molecule has 1 aromatic rings. The minimum absolute atomic E-state index is 0.117. The molecule has 0 aliphatic heterocycles. The Morgan fingerprint density at radius 3 is 2.53 bits per heavy atom. The Morgan fingerprint density at radius 1 is 1.40 bits per heavy atom. The lowest BCUT2D eigenvalue weighted by molar-refractivity contribution is 0.0977. The van der Waals surface area contributed by atoms with E-state index in [2.05, 4.69) is 15.9 Å². The third-order valence-corrected chi connectivity index (χ3v) is 3.33. The summed E-state index contributed by atoms with van der Waals surface area (Å²) in [5, 5.41) is 10.5. The zero-order valence-electron chi connectivity index (χ0n) is 8.74. The Labute approximate surface area is 104 Å². The molecule has 0 radical (unpaired) electrons. The van der Waals surface area contributed by atoms with Crippen molar-refractivity contribution in [3.05, 3.63) is 33.3 Å². The Kier molecular flexibility index (Phi) is 4.59. The molecule has 2 nitrogen and oxygen atoms in total. The largest absolute Gasteiger partial charge is 0.391 e. The van der Waals surface area contributed by atoms with E-state index in [-0.39, 0.29) is 5.92 Å². The third-order valence-electron chi connectivity index (χ3n) is 2.37. The molecule has 0 amide bonds. The van der Waals surface area contributed by atoms with Crippen LogP contribution in [0.4, 0.5) is 0 Å². The Balaban J connectivity index is 2.99. The first-order chi connectivity index (χ1) is 6.93. The van der Waals surface area contributed by atoms with Gasteiger partial charge in [0.15, 0.2) is 0 Å². The van der Waals surface area contributed by atoms with Gasteiger partial charge in [-0.2, -0.15) is 0 Å². The maximum absolute atomic E-state index is 9.87. The van der Waals surface area contributed by atoms with E-state index < -0.39 is 12.1 Å². The van der Waals surface area contributed by atoms with E-state index >= 15 is 0 Å². The molecule has 0 spiro atoms. The first-order valence-electron chi connectivity index (χ1n) is 4.82. The maximum Gasteiger partial charge on any atom is 0.0756 e. The summed E-state index contributed by atoms with van der Waals surface area (Å²) in [5.74, 6) is 0.117. The van der Waals surface area contributed by atoms with E-state index in [4.69, 9.17) is 17.3 Å². The molecule has 0 aromatic heterocycles. The van der Waals surface area contributed by atoms with E-state index in [1.165, 1.54) is 0 Å². The van der Waals surface area contributed by atoms with Crippen molar-refractivity contribution >= 4 is 27.5 Å². The smallest absolute Gasteiger partial charge is 0.0756 e. The van der Waals surface area contributed by atoms with E-state index in [1.807, 2.05) is 19.9 Å². The van der Waals surface area contributed by atoms with Gasteiger partial charge in [-0.25, -0.2) is 0 Å². The third kappa shape index (κ3) is 3.18. The van der Waals surface area contributed by atoms with Crippen LogP contribution >= 0.6 is 27.5 Å². The van der Waals surface area contributed by atoms with Gasteiger partial charge in [-0.1, -0.05) is 41.4 Å². The monoisotopic (exact) mass is 291 g/mol. The summed E-state index contributed by atoms with van der Waals surface area (Å²) in [5.41, 5.74) is 6.81. The van der Waals surface area contributed by atoms with Crippen LogP contribution in [0.2, 0.25) is 5.02 Å². The highest BCUT2D eigenvalue weighted by Crippen LogP contribution is 2.29. The SMILES string of the molecule is CC(C)[C@@H](O)[C@@H](N)c1cc(Cl)ccc1Br. The molecular weight excluding hydrogens is 277 g/mol. The van der Waals surface area contributed by atoms with Gasteiger partial charge in [0, 0.05) is 9.50 Å². The summed E-state index contributed by atoms with van der Waals surface area (Å²) in [6.07, 6.45) is -0.570. The van der Waals surface area contributed by atoms with E-state index in [0.29, 0.717) is 5.02 Å². The summed E-state index contributed by atoms with van der Waals surface area (Å²) in [6, 6.07) is 4.98. The fourth-order valence-electron chi connectivity index (χ4n) is 1.37. The van der Waals surface area contributed by atoms with Crippen LogP contribution in [0.5, 0.6) is 0 Å². The fourth-order valence-corrected chi connectivity index (χ4v) is 2.06. The molecule has 15 heavy (non-hydrogen) atoms. The number of aliphatic hydroxyl groups excluding tert-OH is 1. The molecule has 0 heterocycles. The Morgan fingerprint density at radius 2 is 2.00 bits per heavy atom. The van der Waals surface area contributed by atoms with Crippen LogP contribution in [-0.2, 0) is 0 Å². The van der Waals surface area contributed by atoms with Crippen LogP contribution < -0.4 is 5.73 Å². The van der Waals surface area contributed by atoms with Gasteiger partial charge < -0.3 is 10.8 Å². The number of benzene rings is 1. The van der Waals surface area contributed by atoms with Crippen LogP contribution in [0.15, 0.2) is 22.7 Å². The second-order valence-electron chi connectivity index (χ2n) is 3.93. The maximum atomic E-state index is 9.87. The van der Waals surface area contributed by atoms with E-state index in [1.54, 1.807) is 12.1 Å². The van der Waals surface area contributed by atoms with Crippen molar-refractivity contribution in [2.75, 3.05) is 0 Å². The Bertz CT molecular complexity index is 343. The number of halogens is 2. The summed E-state index contributed by atoms with van der Waals surface area (Å²) < 4.78 is 0.874. The fraction of sp³-hybridized carbons (Fsp3) is 0.455. The average molecular weight is 293 g/mol. The second-order valence-corrected chi connectivity index (χ2v) is 5.22. The molecule has 0 bridgehead atoms. The second kappa shape index (κ2) is 5.30. The van der Waals surface area contributed by atoms with Crippen LogP contribution in [-0.4, -0.2) is 11.2 Å². The Hall–Kier alpha value is -0.0900. The van der Waals surface area contributed by atoms with Crippen molar-refractivity contribution in [2.45, 2.75) is 26.0 Å². The van der Waals surface area contributed by atoms with Crippen molar-refractivity contribution in [2.24, 2.45) is 11.7 Å². The molecule has 0 aliphatic rings. The average Bonchev–Trinajstić information content (AvgIpc) is 2.19. The molecule has 0 aliphatic carbocycles. The predicted molar refractivity (Wildman–Crippen MR) is 66.9 cm³/mol. The van der Waals surface area contributed by atoms with Gasteiger partial charge in [-0.05, 0) is 29.7 Å². The first kappa shape index (κ1) is 13.0. The highest BCUT2D eigenvalue weighted by Gasteiger charge is 2.21. The molecule has 84 valence electrons. The van der Waals surface area contributed by atoms with E-state index in [9.17, 15) is 5.11 Å². The highest BCUT2D eigenvalue weighted by molar-refractivity contribution is 9.10. The number of aliphatic hydroxyl groups is 1. The normalized spacial score (nSPS) is 15.4. The summed E-state index contributed by atoms with van der Waals surface area (Å²) in [4.78, 5) is 0. The van der Waals surface area contributed by atoms with Crippen molar-refractivity contribution < 1.29 is 5.11 Å². The lowest BCUT2D eigenvalue weighted by Crippen LogP contribution is -2.30. The van der Waals surface area contributed by atoms with Crippen LogP contribution in [0, 0.1) is 5.92 Å². The van der Waals surface area contributed by atoms with Crippen LogP contribution in [0.25, 0.3) is 0 Å². The first-order valence-corrected chi connectivity index (χ1v) is 5.99. The quantitative estimate of drug-likeness (QED) is 0.899. The van der Waals surface area contributed by atoms with Gasteiger partial charge in [0.25, 0.3) is 0 Å². The molecule has 0 saturated heterocycles. The van der Waals surface area contributed by atoms with Gasteiger partial charge in [-0.3, -0.25) is 0 Å². The lowest BCUT2D eigenvalue weighted by Gasteiger charge is -2.23. The van der Waals surface area contributed by atoms with Crippen LogP contribution in [0.3, 0.4) is 0 Å². The minimum atomic E-state index is -0.570. The van der Waals surface area contributed by atoms with Crippen molar-refractivity contribution in [3.8, 4) is 0 Å². The molecule has 1 aromatic carbocycles. The standard InChI is InChI=1S/C11H15BrClNO/c1-6(2)11(15)10(14)8-5-7(13)3-4-9(8)12/h3-6,10-11,15H,14H2,1-2H3/t10-,11+/m0/s1. The summed E-state index contributed by atoms with van der Waals surface area (Å²) >= 11 is 9.29. The summed E-state index contributed by atoms with van der Waals surface area (Å²) in [6.45, 7) is 3.87. The highest BCUT2D eigenvalue weighted by atomic mass is 79.9. The zero-order valence-corrected chi connectivity index (χ0v) is 11.1. The van der Waals surface area contributed by atoms with Gasteiger partial charge in [-0.15, -0.1) is 0 Å². The summed E-state index contributed by atoms with van der Waals surface area (Å²) in [7, 11) is 0. The van der Waals surface area contributed by atoms with Crippen molar-refractivity contribution in [3.63, 3.8) is 0 Å². The van der Waals surface area contributed by atoms with Gasteiger partial charge in [0.05, 0.1) is 12.1 Å². The number of rotatable bonds is 3. The molecule has 3 N–H and O–H groups in total. The van der Waals surface area contributed by atoms with Gasteiger partial charge in [0.1, 0.15) is 0 Å². The van der Waals surface area contributed by atoms with Gasteiger partial charge >= 0.3 is 0 Å². The molecule has 0 fully saturated rings. The molecular formula is C11H15BrClNO. The molecule has 1 rings (SSSR count). The number of nitrogens with two attached hydrogens (primary N) is 1. The van der Waals surface area contributed by atoms with Crippen molar-refractivity contribution in [1.29, 1.82) is 0 Å². The topological polar surface area (TPSA) is 46.2 Å². The number of hydrogen-bond donors (Lipinski definition) is 2. The van der Waals surface area contributed by atoms with Crippen LogP contribution in [0.1, 0.15) is 25.5 Å². The number of hydrogen-bond acceptors (Lipinski definition) is 2. The molecule has 4 heteroatoms. The lowest BCUT2D eigenvalue weighted by atomic mass is 9.94. The molecule has 2 atom stereocenters. The van der Waals surface area contributed by atoms with E-state index in [0.717, 1.165) is 10.0 Å². The minimum Gasteiger partial charge on any atom is -0.391 e. The predicted octanol–water partition coefficient (Wildman–Crippen LogP) is 3.12. The zero-order chi connectivity index (χ0) is 11.6. The molecule has 0 saturated carbocycles. The van der Waals surface area contributed by atoms with Crippen molar-refractivity contribution in [1.82, 2.24) is 0 Å². The van der Waals surface area contributed by atoms with Gasteiger partial charge in [0.2, 0.25) is 0 Å². The molecule has 0 unspecified atom stereocenters.